The van der Waals surface area contributed by atoms with Crippen LogP contribution in [0.5, 0.6) is 0 Å². The number of primary sulfonamides is 1. The Morgan fingerprint density at radius 1 is 1.19 bits per heavy atom. The fourth-order valence-corrected chi connectivity index (χ4v) is 3.04. The molecule has 0 saturated carbocycles. The van der Waals surface area contributed by atoms with E-state index in [4.69, 9.17) is 10.2 Å². The van der Waals surface area contributed by atoms with E-state index < -0.39 is 16.0 Å². The predicted octanol–water partition coefficient (Wildman–Crippen LogP) is 2.69. The van der Waals surface area contributed by atoms with Crippen LogP contribution in [0.15, 0.2) is 39.8 Å². The quantitative estimate of drug-likeness (QED) is 0.398. The Hall–Kier alpha value is -2.24. The molecule has 0 unspecified atom stereocenters. The van der Waals surface area contributed by atoms with Crippen LogP contribution in [0.1, 0.15) is 25.7 Å². The number of benzene rings is 1. The second kappa shape index (κ2) is 9.62. The van der Waals surface area contributed by atoms with Gasteiger partial charge in [0, 0.05) is 24.8 Å². The van der Waals surface area contributed by atoms with Crippen LogP contribution in [0.2, 0.25) is 0 Å². The van der Waals surface area contributed by atoms with Crippen molar-refractivity contribution in [3.05, 3.63) is 34.9 Å². The minimum atomic E-state index is -3.73. The van der Waals surface area contributed by atoms with Crippen LogP contribution < -0.4 is 15.8 Å². The second-order valence-corrected chi connectivity index (χ2v) is 8.13. The number of aromatic nitrogens is 2. The zero-order chi connectivity index (χ0) is 19.9. The zero-order valence-electron chi connectivity index (χ0n) is 14.4. The molecule has 0 saturated heterocycles. The molecule has 2 rings (SSSR count). The molecule has 0 radical (unpaired) electrons. The van der Waals surface area contributed by atoms with Crippen molar-refractivity contribution in [2.45, 2.75) is 30.6 Å². The Morgan fingerprint density at radius 3 is 2.52 bits per heavy atom. The van der Waals surface area contributed by atoms with Gasteiger partial charge < -0.3 is 15.7 Å². The number of aliphatic carboxylic acids is 1. The smallest absolute Gasteiger partial charge is 0.303 e. The van der Waals surface area contributed by atoms with E-state index in [0.29, 0.717) is 34.9 Å². The lowest BCUT2D eigenvalue weighted by molar-refractivity contribution is -0.137. The van der Waals surface area contributed by atoms with Gasteiger partial charge in [0.05, 0.1) is 9.37 Å². The molecule has 9 nitrogen and oxygen atoms in total. The van der Waals surface area contributed by atoms with Crippen molar-refractivity contribution in [3.8, 4) is 0 Å². The summed E-state index contributed by atoms with van der Waals surface area (Å²) in [4.78, 5) is 19.0. The largest absolute Gasteiger partial charge is 0.481 e. The number of unbranched alkanes of at least 4 members (excludes halogenated alkanes) is 2. The predicted molar refractivity (Wildman–Crippen MR) is 105 cm³/mol. The summed E-state index contributed by atoms with van der Waals surface area (Å²) in [5, 5.41) is 19.8. The maximum Gasteiger partial charge on any atom is 0.303 e. The monoisotopic (exact) mass is 457 g/mol. The number of hydrogen-bond acceptors (Lipinski definition) is 7. The van der Waals surface area contributed by atoms with Crippen LogP contribution in [0.25, 0.3) is 0 Å². The summed E-state index contributed by atoms with van der Waals surface area (Å²) in [6.45, 7) is 0.651. The minimum absolute atomic E-state index is 0.0232. The van der Waals surface area contributed by atoms with E-state index in [2.05, 4.69) is 36.5 Å². The zero-order valence-corrected chi connectivity index (χ0v) is 16.8. The molecule has 1 aromatic heterocycles. The number of anilines is 3. The molecule has 5 N–H and O–H groups in total. The van der Waals surface area contributed by atoms with E-state index in [1.165, 1.54) is 12.1 Å². The van der Waals surface area contributed by atoms with Gasteiger partial charge in [0.15, 0.2) is 0 Å². The van der Waals surface area contributed by atoms with Gasteiger partial charge >= 0.3 is 5.97 Å². The molecule has 0 fully saturated rings. The summed E-state index contributed by atoms with van der Waals surface area (Å²) in [5.41, 5.74) is 0.615. The van der Waals surface area contributed by atoms with Crippen LogP contribution in [0.4, 0.5) is 17.5 Å². The number of nitrogens with zero attached hydrogens (tertiary/aromatic N) is 2. The third kappa shape index (κ3) is 7.12. The maximum absolute atomic E-state index is 11.3. The van der Waals surface area contributed by atoms with Crippen molar-refractivity contribution in [2.75, 3.05) is 17.2 Å². The first-order chi connectivity index (χ1) is 12.8. The van der Waals surface area contributed by atoms with Crippen molar-refractivity contribution in [3.63, 3.8) is 0 Å². The van der Waals surface area contributed by atoms with Crippen molar-refractivity contribution in [2.24, 2.45) is 5.14 Å². The molecular weight excluding hydrogens is 438 g/mol. The first kappa shape index (κ1) is 21.1. The van der Waals surface area contributed by atoms with Crippen molar-refractivity contribution >= 4 is 49.4 Å². The minimum Gasteiger partial charge on any atom is -0.481 e. The fraction of sp³-hybridized carbons (Fsp3) is 0.312. The molecule has 1 aromatic carbocycles. The molecule has 0 aliphatic carbocycles. The number of sulfonamides is 1. The molecule has 0 aliphatic rings. The average Bonchev–Trinajstić information content (AvgIpc) is 2.60. The summed E-state index contributed by atoms with van der Waals surface area (Å²) in [5.74, 6) is 0.163. The molecule has 0 aliphatic heterocycles. The van der Waals surface area contributed by atoms with Gasteiger partial charge in [0.25, 0.3) is 0 Å². The van der Waals surface area contributed by atoms with Gasteiger partial charge in [-0.1, -0.05) is 6.42 Å². The van der Waals surface area contributed by atoms with Gasteiger partial charge in [-0.25, -0.2) is 18.5 Å². The first-order valence-electron chi connectivity index (χ1n) is 8.14. The Labute approximate surface area is 165 Å². The van der Waals surface area contributed by atoms with Gasteiger partial charge in [-0.3, -0.25) is 4.79 Å². The molecule has 146 valence electrons. The molecule has 2 aromatic rings. The van der Waals surface area contributed by atoms with E-state index >= 15 is 0 Å². The van der Waals surface area contributed by atoms with Crippen LogP contribution in [-0.4, -0.2) is 36.0 Å². The number of halogens is 1. The van der Waals surface area contributed by atoms with Crippen molar-refractivity contribution in [1.29, 1.82) is 0 Å². The van der Waals surface area contributed by atoms with E-state index in [-0.39, 0.29) is 11.3 Å². The number of rotatable bonds is 10. The Balaban J connectivity index is 1.93. The summed E-state index contributed by atoms with van der Waals surface area (Å²) >= 11 is 3.38. The topological polar surface area (TPSA) is 147 Å². The summed E-state index contributed by atoms with van der Waals surface area (Å²) < 4.78 is 23.2. The van der Waals surface area contributed by atoms with Crippen LogP contribution in [0.3, 0.4) is 0 Å². The summed E-state index contributed by atoms with van der Waals surface area (Å²) in [6.07, 6.45) is 4.05. The number of carboxylic acids is 1. The van der Waals surface area contributed by atoms with Gasteiger partial charge in [-0.05, 0) is 53.0 Å². The van der Waals surface area contributed by atoms with Gasteiger partial charge in [0.1, 0.15) is 5.82 Å². The van der Waals surface area contributed by atoms with Crippen LogP contribution >= 0.6 is 15.9 Å². The summed E-state index contributed by atoms with van der Waals surface area (Å²) in [6, 6.07) is 5.93. The molecule has 1 heterocycles. The highest BCUT2D eigenvalue weighted by atomic mass is 79.9. The number of nitrogens with two attached hydrogens (primary N) is 1. The third-order valence-electron chi connectivity index (χ3n) is 3.54. The maximum atomic E-state index is 11.3. The molecule has 0 spiro atoms. The molecule has 0 amide bonds. The number of carbonyl (C=O) groups is 1. The van der Waals surface area contributed by atoms with E-state index in [1.54, 1.807) is 18.3 Å². The third-order valence-corrected chi connectivity index (χ3v) is 5.05. The number of carboxylic acid groups (broad SMARTS) is 1. The molecular formula is C16H20BrN5O4S. The van der Waals surface area contributed by atoms with Crippen molar-refractivity contribution < 1.29 is 18.3 Å². The Bertz CT molecular complexity index is 890. The van der Waals surface area contributed by atoms with Gasteiger partial charge in [-0.2, -0.15) is 4.98 Å². The molecule has 27 heavy (non-hydrogen) atoms. The standard InChI is InChI=1S/C16H20BrN5O4S/c17-13-10-20-16(21-11-5-7-12(8-6-11)27(18,25)26)22-15(13)19-9-3-1-2-4-14(23)24/h5-8,10H,1-4,9H2,(H,23,24)(H2,18,25,26)(H2,19,20,21,22). The van der Waals surface area contributed by atoms with E-state index in [0.717, 1.165) is 12.8 Å². The molecule has 11 heteroatoms. The van der Waals surface area contributed by atoms with Gasteiger partial charge in [-0.15, -0.1) is 0 Å². The highest BCUT2D eigenvalue weighted by Crippen LogP contribution is 2.22. The first-order valence-corrected chi connectivity index (χ1v) is 10.5. The lowest BCUT2D eigenvalue weighted by atomic mass is 10.2. The molecule has 0 atom stereocenters. The van der Waals surface area contributed by atoms with Crippen molar-refractivity contribution in [1.82, 2.24) is 9.97 Å². The van der Waals surface area contributed by atoms with E-state index in [1.807, 2.05) is 0 Å². The Morgan fingerprint density at radius 2 is 1.89 bits per heavy atom. The lowest BCUT2D eigenvalue weighted by Gasteiger charge is -2.10. The van der Waals surface area contributed by atoms with Crippen LogP contribution in [-0.2, 0) is 14.8 Å². The highest BCUT2D eigenvalue weighted by molar-refractivity contribution is 9.10. The highest BCUT2D eigenvalue weighted by Gasteiger charge is 2.08. The summed E-state index contributed by atoms with van der Waals surface area (Å²) in [7, 11) is -3.73. The Kier molecular flexibility index (Phi) is 7.51. The lowest BCUT2D eigenvalue weighted by Crippen LogP contribution is -2.12. The molecule has 0 bridgehead atoms. The number of hydrogen-bond donors (Lipinski definition) is 4. The number of nitrogens with one attached hydrogen (secondary N) is 2. The van der Waals surface area contributed by atoms with E-state index in [9.17, 15) is 13.2 Å². The SMILES string of the molecule is NS(=O)(=O)c1ccc(Nc2ncc(Br)c(NCCCCCC(=O)O)n2)cc1. The average molecular weight is 458 g/mol. The second-order valence-electron chi connectivity index (χ2n) is 5.72. The normalized spacial score (nSPS) is 11.2. The fourth-order valence-electron chi connectivity index (χ4n) is 2.19. The van der Waals surface area contributed by atoms with Gasteiger partial charge in [0.2, 0.25) is 16.0 Å². The van der Waals surface area contributed by atoms with Crippen LogP contribution in [0, 0.1) is 0 Å².